The highest BCUT2D eigenvalue weighted by Gasteiger charge is 2.24. The van der Waals surface area contributed by atoms with Gasteiger partial charge in [-0.25, -0.2) is 8.78 Å². The lowest BCUT2D eigenvalue weighted by Gasteiger charge is -2.27. The Morgan fingerprint density at radius 1 is 1.27 bits per heavy atom. The topological polar surface area (TPSA) is 49.4 Å². The lowest BCUT2D eigenvalue weighted by atomic mass is 10.2. The smallest absolute Gasteiger partial charge is 0.226 e. The van der Waals surface area contributed by atoms with E-state index < -0.39 is 17.5 Å². The second-order valence-corrected chi connectivity index (χ2v) is 5.57. The van der Waals surface area contributed by atoms with Gasteiger partial charge in [0.2, 0.25) is 11.8 Å². The molecule has 0 aliphatic heterocycles. The Hall–Kier alpha value is -1.98. The maximum atomic E-state index is 13.5. The third-order valence-corrected chi connectivity index (χ3v) is 3.95. The molecule has 120 valence electrons. The molecule has 1 saturated carbocycles. The van der Waals surface area contributed by atoms with E-state index in [2.05, 4.69) is 5.32 Å². The van der Waals surface area contributed by atoms with E-state index in [4.69, 9.17) is 0 Å². The summed E-state index contributed by atoms with van der Waals surface area (Å²) in [5, 5.41) is 2.40. The Labute approximate surface area is 128 Å². The maximum absolute atomic E-state index is 13.5. The van der Waals surface area contributed by atoms with Crippen LogP contribution in [0.2, 0.25) is 0 Å². The molecule has 0 aromatic heterocycles. The van der Waals surface area contributed by atoms with E-state index in [9.17, 15) is 18.4 Å². The van der Waals surface area contributed by atoms with Gasteiger partial charge in [0.05, 0.1) is 5.69 Å². The molecule has 6 heteroatoms. The molecular formula is C16H20F2N2O2. The molecule has 1 aromatic rings. The van der Waals surface area contributed by atoms with Crippen LogP contribution in [-0.2, 0) is 9.59 Å². The zero-order chi connectivity index (χ0) is 16.1. The Morgan fingerprint density at radius 2 is 1.95 bits per heavy atom. The van der Waals surface area contributed by atoms with Gasteiger partial charge in [0.15, 0.2) is 0 Å². The van der Waals surface area contributed by atoms with Gasteiger partial charge in [-0.15, -0.1) is 0 Å². The van der Waals surface area contributed by atoms with Gasteiger partial charge in [0, 0.05) is 32.0 Å². The molecule has 0 saturated heterocycles. The maximum Gasteiger partial charge on any atom is 0.226 e. The van der Waals surface area contributed by atoms with E-state index in [-0.39, 0.29) is 24.1 Å². The second kappa shape index (κ2) is 7.33. The van der Waals surface area contributed by atoms with Crippen molar-refractivity contribution < 1.29 is 18.4 Å². The Bertz CT molecular complexity index is 557. The highest BCUT2D eigenvalue weighted by Crippen LogP contribution is 2.24. The van der Waals surface area contributed by atoms with E-state index in [0.29, 0.717) is 6.54 Å². The Kier molecular flexibility index (Phi) is 5.46. The standard InChI is InChI=1S/C16H20F2N2O2/c1-11(21)20(13-4-2-3-5-13)9-8-16(22)19-15-7-6-12(17)10-14(15)18/h6-7,10,13H,2-5,8-9H2,1H3,(H,19,22). The van der Waals surface area contributed by atoms with Crippen LogP contribution in [0.5, 0.6) is 0 Å². The summed E-state index contributed by atoms with van der Waals surface area (Å²) in [6, 6.07) is 3.19. The van der Waals surface area contributed by atoms with Crippen molar-refractivity contribution in [3.8, 4) is 0 Å². The lowest BCUT2D eigenvalue weighted by molar-refractivity contribution is -0.131. The Morgan fingerprint density at radius 3 is 2.55 bits per heavy atom. The summed E-state index contributed by atoms with van der Waals surface area (Å²) < 4.78 is 26.3. The molecule has 0 atom stereocenters. The molecule has 0 spiro atoms. The number of benzene rings is 1. The molecule has 1 N–H and O–H groups in total. The number of rotatable bonds is 5. The van der Waals surface area contributed by atoms with Gasteiger partial charge in [0.25, 0.3) is 0 Å². The minimum Gasteiger partial charge on any atom is -0.339 e. The first-order valence-electron chi connectivity index (χ1n) is 7.49. The molecule has 4 nitrogen and oxygen atoms in total. The van der Waals surface area contributed by atoms with Crippen molar-refractivity contribution in [2.45, 2.75) is 45.1 Å². The van der Waals surface area contributed by atoms with Gasteiger partial charge in [-0.2, -0.15) is 0 Å². The number of nitrogens with zero attached hydrogens (tertiary/aromatic N) is 1. The predicted octanol–water partition coefficient (Wildman–Crippen LogP) is 3.08. The summed E-state index contributed by atoms with van der Waals surface area (Å²) >= 11 is 0. The average Bonchev–Trinajstić information content (AvgIpc) is 2.96. The van der Waals surface area contributed by atoms with Crippen LogP contribution in [0.15, 0.2) is 18.2 Å². The van der Waals surface area contributed by atoms with E-state index in [1.165, 1.54) is 13.0 Å². The fourth-order valence-corrected chi connectivity index (χ4v) is 2.84. The highest BCUT2D eigenvalue weighted by atomic mass is 19.1. The van der Waals surface area contributed by atoms with E-state index in [1.807, 2.05) is 0 Å². The van der Waals surface area contributed by atoms with Crippen molar-refractivity contribution in [3.05, 3.63) is 29.8 Å². The number of hydrogen-bond acceptors (Lipinski definition) is 2. The number of nitrogens with one attached hydrogen (secondary N) is 1. The van der Waals surface area contributed by atoms with Gasteiger partial charge in [-0.1, -0.05) is 12.8 Å². The number of hydrogen-bond donors (Lipinski definition) is 1. The first kappa shape index (κ1) is 16.4. The molecule has 2 rings (SSSR count). The van der Waals surface area contributed by atoms with Crippen molar-refractivity contribution in [1.29, 1.82) is 0 Å². The molecular weight excluding hydrogens is 290 g/mol. The van der Waals surface area contributed by atoms with Crippen LogP contribution in [0, 0.1) is 11.6 Å². The third kappa shape index (κ3) is 4.26. The van der Waals surface area contributed by atoms with Gasteiger partial charge < -0.3 is 10.2 Å². The monoisotopic (exact) mass is 310 g/mol. The summed E-state index contributed by atoms with van der Waals surface area (Å²) in [6.45, 7) is 1.81. The molecule has 0 radical (unpaired) electrons. The first-order chi connectivity index (χ1) is 10.5. The van der Waals surface area contributed by atoms with Crippen LogP contribution >= 0.6 is 0 Å². The number of carbonyl (C=O) groups excluding carboxylic acids is 2. The lowest BCUT2D eigenvalue weighted by Crippen LogP contribution is -2.39. The fraction of sp³-hybridized carbons (Fsp3) is 0.500. The summed E-state index contributed by atoms with van der Waals surface area (Å²) in [5.74, 6) is -1.95. The minimum atomic E-state index is -0.812. The van der Waals surface area contributed by atoms with Crippen LogP contribution in [0.25, 0.3) is 0 Å². The predicted molar refractivity (Wildman–Crippen MR) is 79.2 cm³/mol. The summed E-state index contributed by atoms with van der Waals surface area (Å²) in [5.41, 5.74) is -0.0540. The SMILES string of the molecule is CC(=O)N(CCC(=O)Nc1ccc(F)cc1F)C1CCCC1. The van der Waals surface area contributed by atoms with Gasteiger partial charge >= 0.3 is 0 Å². The van der Waals surface area contributed by atoms with Gasteiger partial charge in [0.1, 0.15) is 11.6 Å². The molecule has 22 heavy (non-hydrogen) atoms. The molecule has 2 amide bonds. The van der Waals surface area contributed by atoms with Crippen molar-refractivity contribution in [3.63, 3.8) is 0 Å². The first-order valence-corrected chi connectivity index (χ1v) is 7.49. The third-order valence-electron chi connectivity index (χ3n) is 3.95. The molecule has 0 heterocycles. The average molecular weight is 310 g/mol. The van der Waals surface area contributed by atoms with Gasteiger partial charge in [-0.05, 0) is 25.0 Å². The van der Waals surface area contributed by atoms with Crippen molar-refractivity contribution >= 4 is 17.5 Å². The van der Waals surface area contributed by atoms with Gasteiger partial charge in [-0.3, -0.25) is 9.59 Å². The quantitative estimate of drug-likeness (QED) is 0.908. The molecule has 0 bridgehead atoms. The van der Waals surface area contributed by atoms with Crippen LogP contribution < -0.4 is 5.32 Å². The molecule has 1 aromatic carbocycles. The fourth-order valence-electron chi connectivity index (χ4n) is 2.84. The second-order valence-electron chi connectivity index (χ2n) is 5.57. The van der Waals surface area contributed by atoms with Crippen molar-refractivity contribution in [2.75, 3.05) is 11.9 Å². The number of amides is 2. The summed E-state index contributed by atoms with van der Waals surface area (Å²) in [6.07, 6.45) is 4.22. The number of halogens is 2. The highest BCUT2D eigenvalue weighted by molar-refractivity contribution is 5.91. The number of anilines is 1. The summed E-state index contributed by atoms with van der Waals surface area (Å²) in [7, 11) is 0. The Balaban J connectivity index is 1.89. The zero-order valence-corrected chi connectivity index (χ0v) is 12.6. The normalized spacial score (nSPS) is 14.9. The van der Waals surface area contributed by atoms with Crippen molar-refractivity contribution in [2.24, 2.45) is 0 Å². The van der Waals surface area contributed by atoms with E-state index >= 15 is 0 Å². The van der Waals surface area contributed by atoms with E-state index in [0.717, 1.165) is 37.8 Å². The summed E-state index contributed by atoms with van der Waals surface area (Å²) in [4.78, 5) is 25.3. The number of carbonyl (C=O) groups is 2. The van der Waals surface area contributed by atoms with Crippen LogP contribution in [-0.4, -0.2) is 29.3 Å². The largest absolute Gasteiger partial charge is 0.339 e. The van der Waals surface area contributed by atoms with E-state index in [1.54, 1.807) is 4.90 Å². The van der Waals surface area contributed by atoms with Crippen LogP contribution in [0.3, 0.4) is 0 Å². The van der Waals surface area contributed by atoms with Crippen molar-refractivity contribution in [1.82, 2.24) is 4.90 Å². The zero-order valence-electron chi connectivity index (χ0n) is 12.6. The van der Waals surface area contributed by atoms with Crippen LogP contribution in [0.1, 0.15) is 39.0 Å². The molecule has 1 aliphatic carbocycles. The van der Waals surface area contributed by atoms with Crippen LogP contribution in [0.4, 0.5) is 14.5 Å². The molecule has 1 aliphatic rings. The molecule has 0 unspecified atom stereocenters. The minimum absolute atomic E-state index is 0.0485. The molecule has 1 fully saturated rings.